The van der Waals surface area contributed by atoms with E-state index in [9.17, 15) is 0 Å². The normalized spacial score (nSPS) is 9.55. The van der Waals surface area contributed by atoms with Crippen molar-refractivity contribution in [3.63, 3.8) is 0 Å². The molecular formula is C10H13N. The van der Waals surface area contributed by atoms with Crippen molar-refractivity contribution in [2.75, 3.05) is 5.73 Å². The Bertz CT molecular complexity index is 264. The van der Waals surface area contributed by atoms with Crippen molar-refractivity contribution in [1.29, 1.82) is 0 Å². The van der Waals surface area contributed by atoms with Gasteiger partial charge in [0.2, 0.25) is 0 Å². The van der Waals surface area contributed by atoms with Crippen molar-refractivity contribution < 1.29 is 0 Å². The average molecular weight is 147 g/mol. The van der Waals surface area contributed by atoms with Crippen LogP contribution in [0.3, 0.4) is 0 Å². The van der Waals surface area contributed by atoms with E-state index in [1.165, 1.54) is 5.56 Å². The standard InChI is InChI=1S/C10H13N/c1-3-5-9-7-4-6-8(2)10(9)11/h3-4,6-7H,1,5,11H2,2H3. The van der Waals surface area contributed by atoms with Gasteiger partial charge in [-0.1, -0.05) is 24.3 Å². The van der Waals surface area contributed by atoms with Crippen LogP contribution in [0.4, 0.5) is 5.69 Å². The smallest absolute Gasteiger partial charge is 0.0379 e. The number of anilines is 1. The fourth-order valence-electron chi connectivity index (χ4n) is 1.07. The number of hydrogen-bond acceptors (Lipinski definition) is 1. The summed E-state index contributed by atoms with van der Waals surface area (Å²) in [5.74, 6) is 0. The molecule has 0 radical (unpaired) electrons. The number of rotatable bonds is 2. The van der Waals surface area contributed by atoms with E-state index in [0.29, 0.717) is 0 Å². The lowest BCUT2D eigenvalue weighted by atomic mass is 10.1. The van der Waals surface area contributed by atoms with Gasteiger partial charge in [0.1, 0.15) is 0 Å². The highest BCUT2D eigenvalue weighted by atomic mass is 14.6. The highest BCUT2D eigenvalue weighted by Crippen LogP contribution is 2.16. The zero-order valence-electron chi connectivity index (χ0n) is 6.80. The molecule has 0 saturated heterocycles. The van der Waals surface area contributed by atoms with E-state index in [4.69, 9.17) is 5.73 Å². The Kier molecular flexibility index (Phi) is 2.32. The van der Waals surface area contributed by atoms with Crippen LogP contribution in [0, 0.1) is 6.92 Å². The van der Waals surface area contributed by atoms with Gasteiger partial charge in [0, 0.05) is 5.69 Å². The van der Waals surface area contributed by atoms with Crippen LogP contribution in [0.5, 0.6) is 0 Å². The van der Waals surface area contributed by atoms with Crippen LogP contribution in [-0.4, -0.2) is 0 Å². The van der Waals surface area contributed by atoms with Crippen molar-refractivity contribution in [2.24, 2.45) is 0 Å². The van der Waals surface area contributed by atoms with Crippen molar-refractivity contribution >= 4 is 5.69 Å². The number of nitrogens with two attached hydrogens (primary N) is 1. The van der Waals surface area contributed by atoms with Gasteiger partial charge < -0.3 is 5.73 Å². The first-order chi connectivity index (χ1) is 5.25. The van der Waals surface area contributed by atoms with Crippen molar-refractivity contribution in [3.8, 4) is 0 Å². The number of nitrogen functional groups attached to an aromatic ring is 1. The summed E-state index contributed by atoms with van der Waals surface area (Å²) < 4.78 is 0. The molecule has 0 spiro atoms. The molecule has 0 bridgehead atoms. The van der Waals surface area contributed by atoms with Gasteiger partial charge in [-0.2, -0.15) is 0 Å². The molecule has 1 aromatic carbocycles. The predicted octanol–water partition coefficient (Wildman–Crippen LogP) is 2.31. The second kappa shape index (κ2) is 3.24. The van der Waals surface area contributed by atoms with Gasteiger partial charge in [-0.25, -0.2) is 0 Å². The Morgan fingerprint density at radius 3 is 2.91 bits per heavy atom. The van der Waals surface area contributed by atoms with Crippen molar-refractivity contribution in [2.45, 2.75) is 13.3 Å². The fraction of sp³-hybridized carbons (Fsp3) is 0.200. The third-order valence-electron chi connectivity index (χ3n) is 1.78. The molecule has 0 aliphatic heterocycles. The summed E-state index contributed by atoms with van der Waals surface area (Å²) in [6.07, 6.45) is 2.72. The lowest BCUT2D eigenvalue weighted by molar-refractivity contribution is 1.26. The molecule has 0 aliphatic carbocycles. The molecule has 0 heterocycles. The van der Waals surface area contributed by atoms with E-state index in [1.807, 2.05) is 31.2 Å². The summed E-state index contributed by atoms with van der Waals surface area (Å²) in [6, 6.07) is 6.07. The Morgan fingerprint density at radius 1 is 1.55 bits per heavy atom. The van der Waals surface area contributed by atoms with E-state index >= 15 is 0 Å². The monoisotopic (exact) mass is 147 g/mol. The molecule has 0 amide bonds. The van der Waals surface area contributed by atoms with E-state index < -0.39 is 0 Å². The summed E-state index contributed by atoms with van der Waals surface area (Å²) in [4.78, 5) is 0. The number of allylic oxidation sites excluding steroid dienone is 1. The van der Waals surface area contributed by atoms with Crippen LogP contribution >= 0.6 is 0 Å². The zero-order chi connectivity index (χ0) is 8.27. The van der Waals surface area contributed by atoms with Crippen molar-refractivity contribution in [1.82, 2.24) is 0 Å². The van der Waals surface area contributed by atoms with Gasteiger partial charge >= 0.3 is 0 Å². The van der Waals surface area contributed by atoms with Crippen molar-refractivity contribution in [3.05, 3.63) is 42.0 Å². The molecule has 1 aromatic rings. The highest BCUT2D eigenvalue weighted by molar-refractivity contribution is 5.53. The first-order valence-corrected chi connectivity index (χ1v) is 3.70. The van der Waals surface area contributed by atoms with E-state index in [0.717, 1.165) is 17.7 Å². The minimum atomic E-state index is 0.855. The van der Waals surface area contributed by atoms with Gasteiger partial charge in [0.05, 0.1) is 0 Å². The third-order valence-corrected chi connectivity index (χ3v) is 1.78. The molecule has 1 rings (SSSR count). The summed E-state index contributed by atoms with van der Waals surface area (Å²) in [5, 5.41) is 0. The van der Waals surface area contributed by atoms with Crippen LogP contribution in [0.2, 0.25) is 0 Å². The molecule has 1 heteroatoms. The van der Waals surface area contributed by atoms with Crippen LogP contribution in [0.25, 0.3) is 0 Å². The van der Waals surface area contributed by atoms with E-state index in [2.05, 4.69) is 6.58 Å². The summed E-state index contributed by atoms with van der Waals surface area (Å²) in [7, 11) is 0. The molecule has 0 saturated carbocycles. The van der Waals surface area contributed by atoms with E-state index in [-0.39, 0.29) is 0 Å². The van der Waals surface area contributed by atoms with Crippen LogP contribution < -0.4 is 5.73 Å². The molecule has 0 unspecified atom stereocenters. The maximum atomic E-state index is 5.82. The maximum absolute atomic E-state index is 5.82. The third kappa shape index (κ3) is 1.61. The largest absolute Gasteiger partial charge is 0.398 e. The van der Waals surface area contributed by atoms with Gasteiger partial charge in [-0.15, -0.1) is 6.58 Å². The van der Waals surface area contributed by atoms with Gasteiger partial charge in [-0.05, 0) is 24.5 Å². The number of para-hydroxylation sites is 1. The molecular weight excluding hydrogens is 134 g/mol. The Balaban J connectivity index is 3.05. The summed E-state index contributed by atoms with van der Waals surface area (Å²) in [5.41, 5.74) is 9.03. The minimum Gasteiger partial charge on any atom is -0.398 e. The number of benzene rings is 1. The molecule has 0 aliphatic rings. The predicted molar refractivity (Wildman–Crippen MR) is 49.5 cm³/mol. The molecule has 11 heavy (non-hydrogen) atoms. The van der Waals surface area contributed by atoms with Crippen LogP contribution in [0.15, 0.2) is 30.9 Å². The maximum Gasteiger partial charge on any atom is 0.0379 e. The average Bonchev–Trinajstić information content (AvgIpc) is 1.99. The molecule has 0 fully saturated rings. The van der Waals surface area contributed by atoms with Crippen LogP contribution in [0.1, 0.15) is 11.1 Å². The zero-order valence-corrected chi connectivity index (χ0v) is 6.80. The minimum absolute atomic E-state index is 0.855. The molecule has 0 aromatic heterocycles. The summed E-state index contributed by atoms with van der Waals surface area (Å²) in [6.45, 7) is 5.69. The van der Waals surface area contributed by atoms with Gasteiger partial charge in [0.25, 0.3) is 0 Å². The van der Waals surface area contributed by atoms with Gasteiger partial charge in [0.15, 0.2) is 0 Å². The first-order valence-electron chi connectivity index (χ1n) is 3.70. The van der Waals surface area contributed by atoms with Gasteiger partial charge in [-0.3, -0.25) is 0 Å². The lowest BCUT2D eigenvalue weighted by Crippen LogP contribution is -1.95. The number of hydrogen-bond donors (Lipinski definition) is 1. The molecule has 1 nitrogen and oxygen atoms in total. The molecule has 2 N–H and O–H groups in total. The quantitative estimate of drug-likeness (QED) is 0.504. The summed E-state index contributed by atoms with van der Waals surface area (Å²) >= 11 is 0. The molecule has 0 atom stereocenters. The second-order valence-corrected chi connectivity index (χ2v) is 2.64. The SMILES string of the molecule is C=CCc1cccc(C)c1N. The Labute approximate surface area is 67.5 Å². The second-order valence-electron chi connectivity index (χ2n) is 2.64. The molecule has 58 valence electrons. The first kappa shape index (κ1) is 7.86. The topological polar surface area (TPSA) is 26.0 Å². The van der Waals surface area contributed by atoms with Crippen LogP contribution in [-0.2, 0) is 6.42 Å². The lowest BCUT2D eigenvalue weighted by Gasteiger charge is -2.04. The number of aryl methyl sites for hydroxylation is 1. The fourth-order valence-corrected chi connectivity index (χ4v) is 1.07. The Morgan fingerprint density at radius 2 is 2.27 bits per heavy atom. The van der Waals surface area contributed by atoms with E-state index in [1.54, 1.807) is 0 Å². The highest BCUT2D eigenvalue weighted by Gasteiger charge is 1.97. The Hall–Kier alpha value is -1.24.